The Morgan fingerprint density at radius 1 is 0.702 bits per heavy atom. The number of ether oxygens (including phenoxy) is 3. The van der Waals surface area contributed by atoms with Crippen molar-refractivity contribution in [2.45, 2.75) is 144 Å². The van der Waals surface area contributed by atoms with Gasteiger partial charge in [-0.05, 0) is 77.2 Å². The maximum atomic E-state index is 13.1. The van der Waals surface area contributed by atoms with Crippen LogP contribution in [-0.4, -0.2) is 66.8 Å². The molecule has 0 aliphatic heterocycles. The van der Waals surface area contributed by atoms with E-state index in [1.54, 1.807) is 39.0 Å². The van der Waals surface area contributed by atoms with Gasteiger partial charge in [0.15, 0.2) is 23.1 Å². The maximum absolute atomic E-state index is 13.1. The molecule has 1 aromatic rings. The van der Waals surface area contributed by atoms with Gasteiger partial charge in [0.2, 0.25) is 0 Å². The van der Waals surface area contributed by atoms with E-state index in [1.165, 1.54) is 6.07 Å². The molecule has 0 saturated carbocycles. The molecule has 0 aromatic heterocycles. The van der Waals surface area contributed by atoms with Crippen molar-refractivity contribution in [1.29, 1.82) is 0 Å². The third kappa shape index (κ3) is 19.5. The first-order valence-electron chi connectivity index (χ1n) is 17.5. The van der Waals surface area contributed by atoms with Gasteiger partial charge in [0.05, 0.1) is 0 Å². The normalized spacial score (nSPS) is 13.0. The predicted molar refractivity (Wildman–Crippen MR) is 185 cm³/mol. The summed E-state index contributed by atoms with van der Waals surface area (Å²) in [6.45, 7) is 15.6. The quantitative estimate of drug-likeness (QED) is 0.0824. The molecule has 1 rings (SSSR count). The number of hydrogen-bond donors (Lipinski definition) is 1. The van der Waals surface area contributed by atoms with Crippen LogP contribution in [-0.2, 0) is 23.8 Å². The molecule has 1 amide bonds. The molecule has 9 nitrogen and oxygen atoms in total. The summed E-state index contributed by atoms with van der Waals surface area (Å²) >= 11 is 0. The van der Waals surface area contributed by atoms with E-state index in [1.807, 2.05) is 13.8 Å². The van der Waals surface area contributed by atoms with Gasteiger partial charge in [-0.1, -0.05) is 72.1 Å². The second-order valence-corrected chi connectivity index (χ2v) is 14.2. The van der Waals surface area contributed by atoms with Gasteiger partial charge in [-0.3, -0.25) is 19.2 Å². The third-order valence-electron chi connectivity index (χ3n) is 7.62. The van der Waals surface area contributed by atoms with E-state index in [9.17, 15) is 24.0 Å². The molecule has 47 heavy (non-hydrogen) atoms. The first-order chi connectivity index (χ1) is 22.1. The molecule has 0 aliphatic rings. The Morgan fingerprint density at radius 2 is 1.17 bits per heavy atom. The first kappa shape index (κ1) is 42.1. The minimum Gasteiger partial charge on any atom is -0.444 e. The maximum Gasteiger partial charge on any atom is 0.407 e. The minimum absolute atomic E-state index is 0.0282. The third-order valence-corrected chi connectivity index (χ3v) is 7.62. The average Bonchev–Trinajstić information content (AvgIpc) is 3.00. The Balaban J connectivity index is 2.79. The highest BCUT2D eigenvalue weighted by Gasteiger charge is 2.23. The zero-order valence-electron chi connectivity index (χ0n) is 30.3. The zero-order chi connectivity index (χ0) is 35.4. The Morgan fingerprint density at radius 3 is 1.60 bits per heavy atom. The lowest BCUT2D eigenvalue weighted by molar-refractivity contribution is -0.131. The van der Waals surface area contributed by atoms with Crippen molar-refractivity contribution < 1.29 is 38.2 Å². The Kier molecular flexibility index (Phi) is 20.3. The van der Waals surface area contributed by atoms with Crippen molar-refractivity contribution >= 4 is 29.2 Å². The molecule has 0 fully saturated rings. The molecule has 1 N–H and O–H groups in total. The Labute approximate surface area is 283 Å². The number of benzene rings is 1. The number of nitrogens with one attached hydrogen (secondary N) is 1. The topological polar surface area (TPSA) is 125 Å². The summed E-state index contributed by atoms with van der Waals surface area (Å²) in [5.41, 5.74) is 0.0432. The minimum atomic E-state index is -0.740. The smallest absolute Gasteiger partial charge is 0.407 e. The van der Waals surface area contributed by atoms with Crippen molar-refractivity contribution in [2.75, 3.05) is 19.8 Å². The van der Waals surface area contributed by atoms with Crippen LogP contribution in [0.3, 0.4) is 0 Å². The molecule has 0 saturated heterocycles. The number of hydrogen-bond acceptors (Lipinski definition) is 8. The monoisotopic (exact) mass is 659 g/mol. The SMILES string of the molecule is CCCCC[C@@H](OCC(=O)c1cccc(C(=O)CO[C@H](CCCCNC(=O)OC(C)(C)C)C(=O)CCC(C)C)c1)C(=O)CCC(C)C. The molecule has 266 valence electrons. The molecule has 0 radical (unpaired) electrons. The van der Waals surface area contributed by atoms with Gasteiger partial charge in [0, 0.05) is 30.5 Å². The highest BCUT2D eigenvalue weighted by Crippen LogP contribution is 2.17. The van der Waals surface area contributed by atoms with Gasteiger partial charge in [-0.25, -0.2) is 4.79 Å². The molecule has 0 bridgehead atoms. The van der Waals surface area contributed by atoms with E-state index in [2.05, 4.69) is 26.1 Å². The fourth-order valence-electron chi connectivity index (χ4n) is 4.78. The second kappa shape index (κ2) is 22.6. The molecular weight excluding hydrogens is 598 g/mol. The Bertz CT molecular complexity index is 1120. The van der Waals surface area contributed by atoms with Crippen LogP contribution < -0.4 is 5.32 Å². The lowest BCUT2D eigenvalue weighted by atomic mass is 9.99. The molecule has 2 atom stereocenters. The first-order valence-corrected chi connectivity index (χ1v) is 17.5. The van der Waals surface area contributed by atoms with Gasteiger partial charge >= 0.3 is 6.09 Å². The van der Waals surface area contributed by atoms with Crippen molar-refractivity contribution in [2.24, 2.45) is 11.8 Å². The van der Waals surface area contributed by atoms with Crippen LogP contribution in [0, 0.1) is 11.8 Å². The van der Waals surface area contributed by atoms with Crippen LogP contribution >= 0.6 is 0 Å². The number of Topliss-reactive ketones (excluding diaryl/α,β-unsaturated/α-hetero) is 4. The number of unbranched alkanes of at least 4 members (excludes halogenated alkanes) is 3. The molecule has 1 aromatic carbocycles. The van der Waals surface area contributed by atoms with Gasteiger partial charge in [-0.15, -0.1) is 0 Å². The van der Waals surface area contributed by atoms with Gasteiger partial charge in [-0.2, -0.15) is 0 Å². The molecule has 0 unspecified atom stereocenters. The molecule has 0 spiro atoms. The molecule has 0 aliphatic carbocycles. The van der Waals surface area contributed by atoms with Gasteiger partial charge in [0.25, 0.3) is 0 Å². The average molecular weight is 660 g/mol. The molecular formula is C38H61NO8. The summed E-state index contributed by atoms with van der Waals surface area (Å²) in [5.74, 6) is 0.0927. The van der Waals surface area contributed by atoms with Gasteiger partial charge in [0.1, 0.15) is 31.0 Å². The van der Waals surface area contributed by atoms with E-state index < -0.39 is 23.9 Å². The summed E-state index contributed by atoms with van der Waals surface area (Å²) in [7, 11) is 0. The number of carbonyl (C=O) groups excluding carboxylic acids is 5. The van der Waals surface area contributed by atoms with Crippen LogP contribution in [0.2, 0.25) is 0 Å². The summed E-state index contributed by atoms with van der Waals surface area (Å²) < 4.78 is 17.0. The standard InChI is InChI=1S/C38H61NO8/c1-9-10-11-17-35(31(40)21-19-27(2)3)45-25-33(42)29-15-14-16-30(24-29)34(43)26-46-36(32(41)22-20-28(4)5)18-12-13-23-39-37(44)47-38(6,7)8/h14-16,24,27-28,35-36H,9-13,17-23,25-26H2,1-8H3,(H,39,44)/t35-,36-/m1/s1. The molecule has 9 heteroatoms. The molecule has 0 heterocycles. The fourth-order valence-corrected chi connectivity index (χ4v) is 4.78. The number of alkyl carbamates (subject to hydrolysis) is 1. The summed E-state index contributed by atoms with van der Waals surface area (Å²) in [4.78, 5) is 63.9. The summed E-state index contributed by atoms with van der Waals surface area (Å²) in [6.07, 6.45) is 5.58. The van der Waals surface area contributed by atoms with Gasteiger partial charge < -0.3 is 19.5 Å². The largest absolute Gasteiger partial charge is 0.444 e. The number of rotatable bonds is 25. The van der Waals surface area contributed by atoms with Crippen molar-refractivity contribution in [3.63, 3.8) is 0 Å². The summed E-state index contributed by atoms with van der Waals surface area (Å²) in [6, 6.07) is 6.39. The highest BCUT2D eigenvalue weighted by molar-refractivity contribution is 6.02. The van der Waals surface area contributed by atoms with E-state index in [0.717, 1.165) is 32.1 Å². The predicted octanol–water partition coefficient (Wildman–Crippen LogP) is 8.11. The number of amides is 1. The van der Waals surface area contributed by atoms with Crippen molar-refractivity contribution in [3.8, 4) is 0 Å². The number of carbonyl (C=O) groups is 5. The highest BCUT2D eigenvalue weighted by atomic mass is 16.6. The number of ketones is 4. The van der Waals surface area contributed by atoms with Crippen molar-refractivity contribution in [1.82, 2.24) is 5.32 Å². The van der Waals surface area contributed by atoms with E-state index >= 15 is 0 Å². The summed E-state index contributed by atoms with van der Waals surface area (Å²) in [5, 5.41) is 2.72. The zero-order valence-corrected chi connectivity index (χ0v) is 30.3. The van der Waals surface area contributed by atoms with E-state index in [0.29, 0.717) is 68.0 Å². The van der Waals surface area contributed by atoms with Crippen LogP contribution in [0.1, 0.15) is 147 Å². The Hall–Kier alpha value is -2.91. The lowest BCUT2D eigenvalue weighted by Gasteiger charge is -2.20. The van der Waals surface area contributed by atoms with E-state index in [-0.39, 0.29) is 36.3 Å². The van der Waals surface area contributed by atoms with Crippen LogP contribution in [0.4, 0.5) is 4.79 Å². The van der Waals surface area contributed by atoms with E-state index in [4.69, 9.17) is 14.2 Å². The van der Waals surface area contributed by atoms with Crippen molar-refractivity contribution in [3.05, 3.63) is 35.4 Å². The van der Waals surface area contributed by atoms with Crippen LogP contribution in [0.25, 0.3) is 0 Å². The fraction of sp³-hybridized carbons (Fsp3) is 0.711. The van der Waals surface area contributed by atoms with Crippen LogP contribution in [0.5, 0.6) is 0 Å². The second-order valence-electron chi connectivity index (χ2n) is 14.2. The lowest BCUT2D eigenvalue weighted by Crippen LogP contribution is -2.33. The van der Waals surface area contributed by atoms with Crippen LogP contribution in [0.15, 0.2) is 24.3 Å².